The van der Waals surface area contributed by atoms with Crippen molar-refractivity contribution < 1.29 is 4.79 Å². The third kappa shape index (κ3) is 3.75. The summed E-state index contributed by atoms with van der Waals surface area (Å²) in [6, 6.07) is 14.0. The van der Waals surface area contributed by atoms with Crippen molar-refractivity contribution in [3.8, 4) is 12.1 Å². The SMILES string of the molecule is N#CC1=C(N)N2C(=O)C=C(c3ccc(Cl)c(Cl)c3)SC2=C(C#N)C1c1ccc(Cl)c(Cl)c1. The summed E-state index contributed by atoms with van der Waals surface area (Å²) in [7, 11) is 0. The lowest BCUT2D eigenvalue weighted by Crippen LogP contribution is -2.39. The number of rotatable bonds is 2. The minimum absolute atomic E-state index is 0.0421. The van der Waals surface area contributed by atoms with Gasteiger partial charge in [-0.2, -0.15) is 10.5 Å². The molecule has 10 heteroatoms. The highest BCUT2D eigenvalue weighted by Crippen LogP contribution is 2.50. The Morgan fingerprint density at radius 3 is 2.12 bits per heavy atom. The van der Waals surface area contributed by atoms with Crippen LogP contribution < -0.4 is 5.73 Å². The largest absolute Gasteiger partial charge is 0.384 e. The smallest absolute Gasteiger partial charge is 0.258 e. The van der Waals surface area contributed by atoms with Crippen LogP contribution in [0.1, 0.15) is 17.0 Å². The third-order valence-electron chi connectivity index (χ3n) is 4.93. The Labute approximate surface area is 207 Å². The number of benzene rings is 2. The molecule has 1 amide bonds. The maximum absolute atomic E-state index is 13.0. The van der Waals surface area contributed by atoms with E-state index in [-0.39, 0.29) is 22.0 Å². The lowest BCUT2D eigenvalue weighted by molar-refractivity contribution is -0.122. The number of thioether (sulfide) groups is 1. The molecular weight excluding hydrogens is 510 g/mol. The van der Waals surface area contributed by atoms with Crippen molar-refractivity contribution in [2.24, 2.45) is 5.73 Å². The maximum Gasteiger partial charge on any atom is 0.258 e. The molecule has 2 aromatic carbocycles. The number of hydrogen-bond donors (Lipinski definition) is 1. The Balaban J connectivity index is 1.91. The van der Waals surface area contributed by atoms with Gasteiger partial charge in [-0.1, -0.05) is 70.3 Å². The Hall–Kier alpha value is -2.58. The van der Waals surface area contributed by atoms with Gasteiger partial charge in [0.2, 0.25) is 0 Å². The molecule has 0 bridgehead atoms. The highest BCUT2D eigenvalue weighted by atomic mass is 35.5. The fraction of sp³-hybridized carbons (Fsp3) is 0.0455. The molecule has 2 N–H and O–H groups in total. The number of nitrogens with zero attached hydrogens (tertiary/aromatic N) is 3. The van der Waals surface area contributed by atoms with Crippen LogP contribution in [0, 0.1) is 22.7 Å². The first-order chi connectivity index (χ1) is 15.3. The third-order valence-corrected chi connectivity index (χ3v) is 7.58. The molecule has 0 radical (unpaired) electrons. The minimum Gasteiger partial charge on any atom is -0.384 e. The van der Waals surface area contributed by atoms with E-state index in [2.05, 4.69) is 6.07 Å². The molecule has 4 rings (SSSR count). The molecule has 0 spiro atoms. The first kappa shape index (κ1) is 22.6. The van der Waals surface area contributed by atoms with Gasteiger partial charge in [0.05, 0.1) is 49.3 Å². The van der Waals surface area contributed by atoms with Gasteiger partial charge in [-0.3, -0.25) is 9.69 Å². The number of allylic oxidation sites excluding steroid dienone is 2. The summed E-state index contributed by atoms with van der Waals surface area (Å²) >= 11 is 25.5. The molecule has 0 aliphatic carbocycles. The van der Waals surface area contributed by atoms with Gasteiger partial charge < -0.3 is 5.73 Å². The van der Waals surface area contributed by atoms with Crippen LogP contribution in [-0.2, 0) is 4.79 Å². The normalized spacial score (nSPS) is 18.2. The van der Waals surface area contributed by atoms with Crippen LogP contribution in [-0.4, -0.2) is 10.8 Å². The van der Waals surface area contributed by atoms with Crippen molar-refractivity contribution >= 4 is 69.0 Å². The standard InChI is InChI=1S/C22H10Cl4N4OS/c23-14-3-1-10(5-16(14)25)18-7-19(31)30-21(29)12(8-27)20(13(9-28)22(30)32-18)11-2-4-15(24)17(26)6-11/h1-7,20H,29H2. The topological polar surface area (TPSA) is 93.9 Å². The van der Waals surface area contributed by atoms with E-state index in [4.69, 9.17) is 52.1 Å². The second-order valence-electron chi connectivity index (χ2n) is 6.76. The van der Waals surface area contributed by atoms with Crippen LogP contribution in [0.25, 0.3) is 4.91 Å². The molecule has 1 atom stereocenters. The monoisotopic (exact) mass is 518 g/mol. The van der Waals surface area contributed by atoms with E-state index < -0.39 is 11.8 Å². The van der Waals surface area contributed by atoms with Crippen molar-refractivity contribution in [2.45, 2.75) is 5.92 Å². The Morgan fingerprint density at radius 2 is 1.53 bits per heavy atom. The number of carbonyl (C=O) groups excluding carboxylic acids is 1. The molecule has 5 nitrogen and oxygen atoms in total. The number of hydrogen-bond acceptors (Lipinski definition) is 5. The minimum atomic E-state index is -0.806. The second kappa shape index (κ2) is 8.75. The molecule has 0 fully saturated rings. The fourth-order valence-corrected chi connectivity index (χ4v) is 5.22. The van der Waals surface area contributed by atoms with Crippen LogP contribution in [0.5, 0.6) is 0 Å². The molecule has 0 saturated carbocycles. The summed E-state index contributed by atoms with van der Waals surface area (Å²) in [5.74, 6) is -1.33. The van der Waals surface area contributed by atoms with E-state index in [0.717, 1.165) is 0 Å². The molecule has 32 heavy (non-hydrogen) atoms. The lowest BCUT2D eigenvalue weighted by atomic mass is 9.83. The molecule has 0 aromatic heterocycles. The van der Waals surface area contributed by atoms with Gasteiger partial charge in [-0.05, 0) is 35.4 Å². The summed E-state index contributed by atoms with van der Waals surface area (Å²) in [5, 5.41) is 21.5. The number of carbonyl (C=O) groups is 1. The Bertz CT molecular complexity index is 1370. The van der Waals surface area contributed by atoms with E-state index >= 15 is 0 Å². The summed E-state index contributed by atoms with van der Waals surface area (Å²) in [6.07, 6.45) is 1.38. The number of amides is 1. The first-order valence-electron chi connectivity index (χ1n) is 8.94. The summed E-state index contributed by atoms with van der Waals surface area (Å²) < 4.78 is 0. The van der Waals surface area contributed by atoms with Crippen molar-refractivity contribution in [3.63, 3.8) is 0 Å². The molecule has 0 saturated heterocycles. The van der Waals surface area contributed by atoms with Gasteiger partial charge in [0.25, 0.3) is 5.91 Å². The first-order valence-corrected chi connectivity index (χ1v) is 11.3. The average Bonchev–Trinajstić information content (AvgIpc) is 2.77. The van der Waals surface area contributed by atoms with Gasteiger partial charge >= 0.3 is 0 Å². The number of nitriles is 2. The highest BCUT2D eigenvalue weighted by molar-refractivity contribution is 8.11. The fourth-order valence-electron chi connectivity index (χ4n) is 3.45. The maximum atomic E-state index is 13.0. The second-order valence-corrected chi connectivity index (χ2v) is 9.42. The molecule has 2 heterocycles. The molecule has 2 aliphatic rings. The summed E-state index contributed by atoms with van der Waals surface area (Å²) in [6.45, 7) is 0. The van der Waals surface area contributed by atoms with Crippen molar-refractivity contribution in [2.75, 3.05) is 0 Å². The van der Waals surface area contributed by atoms with Crippen molar-refractivity contribution in [1.82, 2.24) is 4.90 Å². The van der Waals surface area contributed by atoms with Gasteiger partial charge in [-0.25, -0.2) is 0 Å². The molecular formula is C22H10Cl4N4OS. The zero-order chi connectivity index (χ0) is 23.2. The number of fused-ring (bicyclic) bond motifs is 1. The highest BCUT2D eigenvalue weighted by Gasteiger charge is 2.40. The molecule has 158 valence electrons. The zero-order valence-electron chi connectivity index (χ0n) is 15.9. The van der Waals surface area contributed by atoms with Crippen molar-refractivity contribution in [1.29, 1.82) is 10.5 Å². The average molecular weight is 520 g/mol. The van der Waals surface area contributed by atoms with Crippen LogP contribution in [0.15, 0.2) is 64.5 Å². The van der Waals surface area contributed by atoms with E-state index in [1.807, 2.05) is 6.07 Å². The predicted molar refractivity (Wildman–Crippen MR) is 128 cm³/mol. The predicted octanol–water partition coefficient (Wildman–Crippen LogP) is 6.44. The lowest BCUT2D eigenvalue weighted by Gasteiger charge is -2.36. The van der Waals surface area contributed by atoms with E-state index in [1.165, 1.54) is 22.7 Å². The van der Waals surface area contributed by atoms with E-state index in [9.17, 15) is 15.3 Å². The van der Waals surface area contributed by atoms with Crippen LogP contribution in [0.2, 0.25) is 20.1 Å². The van der Waals surface area contributed by atoms with Gasteiger partial charge in [0.1, 0.15) is 10.9 Å². The number of nitrogens with two attached hydrogens (primary N) is 1. The number of halogens is 4. The zero-order valence-corrected chi connectivity index (χ0v) is 19.7. The van der Waals surface area contributed by atoms with E-state index in [0.29, 0.717) is 36.1 Å². The van der Waals surface area contributed by atoms with Gasteiger partial charge in [0.15, 0.2) is 0 Å². The van der Waals surface area contributed by atoms with Crippen LogP contribution in [0.3, 0.4) is 0 Å². The summed E-state index contributed by atoms with van der Waals surface area (Å²) in [4.78, 5) is 14.8. The summed E-state index contributed by atoms with van der Waals surface area (Å²) in [5.41, 5.74) is 7.73. The van der Waals surface area contributed by atoms with Crippen molar-refractivity contribution in [3.05, 3.63) is 95.7 Å². The Morgan fingerprint density at radius 1 is 0.906 bits per heavy atom. The molecule has 2 aliphatic heterocycles. The Kier molecular flexibility index (Phi) is 6.18. The quantitative estimate of drug-likeness (QED) is 0.492. The van der Waals surface area contributed by atoms with E-state index in [1.54, 1.807) is 36.4 Å². The van der Waals surface area contributed by atoms with Crippen LogP contribution in [0.4, 0.5) is 0 Å². The van der Waals surface area contributed by atoms with Crippen LogP contribution >= 0.6 is 58.2 Å². The molecule has 2 aromatic rings. The van der Waals surface area contributed by atoms with Gasteiger partial charge in [-0.15, -0.1) is 0 Å². The molecule has 1 unspecified atom stereocenters. The van der Waals surface area contributed by atoms with Gasteiger partial charge in [0, 0.05) is 11.0 Å².